The lowest BCUT2D eigenvalue weighted by Gasteiger charge is -2.26. The molecule has 86 valence electrons. The first-order valence-corrected chi connectivity index (χ1v) is 5.65. The Balaban J connectivity index is 3.34. The molecule has 0 spiro atoms. The summed E-state index contributed by atoms with van der Waals surface area (Å²) >= 11 is 0. The molecular formula is C11H26N2O. The summed E-state index contributed by atoms with van der Waals surface area (Å²) in [7, 11) is 1.78. The van der Waals surface area contributed by atoms with E-state index in [9.17, 15) is 0 Å². The lowest BCUT2D eigenvalue weighted by atomic mass is 10.0. The number of hydrogen-bond acceptors (Lipinski definition) is 3. The van der Waals surface area contributed by atoms with Crippen molar-refractivity contribution < 1.29 is 4.74 Å². The van der Waals surface area contributed by atoms with Gasteiger partial charge in [-0.15, -0.1) is 0 Å². The van der Waals surface area contributed by atoms with Gasteiger partial charge in [-0.1, -0.05) is 13.8 Å². The van der Waals surface area contributed by atoms with Crippen molar-refractivity contribution in [3.8, 4) is 0 Å². The van der Waals surface area contributed by atoms with E-state index in [1.807, 2.05) is 0 Å². The Morgan fingerprint density at radius 3 is 2.29 bits per heavy atom. The van der Waals surface area contributed by atoms with E-state index in [1.165, 1.54) is 6.42 Å². The first-order chi connectivity index (χ1) is 6.68. The Bertz CT molecular complexity index is 124. The van der Waals surface area contributed by atoms with Crippen LogP contribution in [0.5, 0.6) is 0 Å². The predicted octanol–water partition coefficient (Wildman–Crippen LogP) is 1.39. The maximum absolute atomic E-state index is 5.44. The lowest BCUT2D eigenvalue weighted by Crippen LogP contribution is -2.39. The molecular weight excluding hydrogens is 176 g/mol. The number of nitrogens with one attached hydrogen (secondary N) is 2. The van der Waals surface area contributed by atoms with Crippen LogP contribution in [0.15, 0.2) is 0 Å². The maximum Gasteiger partial charge on any atom is 0.0771 e. The van der Waals surface area contributed by atoms with Crippen molar-refractivity contribution in [2.75, 3.05) is 33.3 Å². The number of methoxy groups -OCH3 is 1. The van der Waals surface area contributed by atoms with Crippen LogP contribution in [0, 0.1) is 0 Å². The van der Waals surface area contributed by atoms with Crippen molar-refractivity contribution in [2.45, 2.75) is 39.2 Å². The summed E-state index contributed by atoms with van der Waals surface area (Å²) < 4.78 is 5.44. The van der Waals surface area contributed by atoms with Gasteiger partial charge in [-0.25, -0.2) is 0 Å². The molecule has 0 aromatic rings. The van der Waals surface area contributed by atoms with Crippen LogP contribution in [0.3, 0.4) is 0 Å². The minimum absolute atomic E-state index is 0.00180. The van der Waals surface area contributed by atoms with Crippen molar-refractivity contribution in [1.82, 2.24) is 10.6 Å². The Labute approximate surface area is 88.6 Å². The van der Waals surface area contributed by atoms with Crippen molar-refractivity contribution in [3.05, 3.63) is 0 Å². The van der Waals surface area contributed by atoms with Crippen LogP contribution < -0.4 is 10.6 Å². The summed E-state index contributed by atoms with van der Waals surface area (Å²) in [4.78, 5) is 0. The monoisotopic (exact) mass is 202 g/mol. The molecule has 0 amide bonds. The zero-order valence-electron chi connectivity index (χ0n) is 10.2. The van der Waals surface area contributed by atoms with E-state index in [0.29, 0.717) is 0 Å². The molecule has 0 radical (unpaired) electrons. The molecule has 1 atom stereocenters. The molecule has 0 aromatic carbocycles. The Morgan fingerprint density at radius 2 is 1.79 bits per heavy atom. The highest BCUT2D eigenvalue weighted by Gasteiger charge is 2.19. The second kappa shape index (κ2) is 8.21. The molecule has 0 aromatic heterocycles. The molecule has 0 bridgehead atoms. The minimum Gasteiger partial charge on any atom is -0.377 e. The molecule has 14 heavy (non-hydrogen) atoms. The van der Waals surface area contributed by atoms with E-state index in [1.54, 1.807) is 7.11 Å². The molecule has 0 fully saturated rings. The topological polar surface area (TPSA) is 33.3 Å². The van der Waals surface area contributed by atoms with Gasteiger partial charge in [0.05, 0.1) is 5.60 Å². The highest BCUT2D eigenvalue weighted by atomic mass is 16.5. The molecule has 0 aliphatic rings. The van der Waals surface area contributed by atoms with E-state index in [2.05, 4.69) is 31.4 Å². The first kappa shape index (κ1) is 13.9. The summed E-state index contributed by atoms with van der Waals surface area (Å²) in [6, 6.07) is 0. The van der Waals surface area contributed by atoms with Gasteiger partial charge in [-0.05, 0) is 39.4 Å². The molecule has 0 aliphatic carbocycles. The van der Waals surface area contributed by atoms with E-state index >= 15 is 0 Å². The minimum atomic E-state index is -0.00180. The number of hydrogen-bond donors (Lipinski definition) is 2. The smallest absolute Gasteiger partial charge is 0.0771 e. The van der Waals surface area contributed by atoms with Crippen LogP contribution in [-0.4, -0.2) is 38.9 Å². The van der Waals surface area contributed by atoms with Crippen LogP contribution in [0.1, 0.15) is 33.6 Å². The number of rotatable bonds is 9. The normalized spacial score (nSPS) is 15.4. The second-order valence-corrected chi connectivity index (χ2v) is 3.89. The van der Waals surface area contributed by atoms with E-state index in [-0.39, 0.29) is 5.60 Å². The van der Waals surface area contributed by atoms with Gasteiger partial charge in [-0.2, -0.15) is 0 Å². The van der Waals surface area contributed by atoms with Gasteiger partial charge in [0.1, 0.15) is 0 Å². The predicted molar refractivity (Wildman–Crippen MR) is 61.7 cm³/mol. The molecule has 1 unspecified atom stereocenters. The summed E-state index contributed by atoms with van der Waals surface area (Å²) in [5, 5.41) is 6.72. The van der Waals surface area contributed by atoms with Crippen LogP contribution in [0.25, 0.3) is 0 Å². The first-order valence-electron chi connectivity index (χ1n) is 5.65. The van der Waals surface area contributed by atoms with Crippen LogP contribution in [0.4, 0.5) is 0 Å². The summed E-state index contributed by atoms with van der Waals surface area (Å²) in [6.45, 7) is 10.6. The second-order valence-electron chi connectivity index (χ2n) is 3.89. The van der Waals surface area contributed by atoms with E-state index < -0.39 is 0 Å². The van der Waals surface area contributed by atoms with Crippen molar-refractivity contribution in [1.29, 1.82) is 0 Å². The highest BCUT2D eigenvalue weighted by molar-refractivity contribution is 4.75. The average Bonchev–Trinajstić information content (AvgIpc) is 2.23. The van der Waals surface area contributed by atoms with Crippen molar-refractivity contribution >= 4 is 0 Å². The Kier molecular flexibility index (Phi) is 8.14. The maximum atomic E-state index is 5.44. The van der Waals surface area contributed by atoms with Gasteiger partial charge in [0.25, 0.3) is 0 Å². The zero-order valence-corrected chi connectivity index (χ0v) is 10.2. The van der Waals surface area contributed by atoms with Gasteiger partial charge >= 0.3 is 0 Å². The van der Waals surface area contributed by atoms with Crippen LogP contribution in [0.2, 0.25) is 0 Å². The van der Waals surface area contributed by atoms with Gasteiger partial charge in [0.2, 0.25) is 0 Å². The van der Waals surface area contributed by atoms with Crippen LogP contribution >= 0.6 is 0 Å². The third-order valence-corrected chi connectivity index (χ3v) is 2.70. The fourth-order valence-electron chi connectivity index (χ4n) is 1.21. The third-order valence-electron chi connectivity index (χ3n) is 2.70. The lowest BCUT2D eigenvalue weighted by molar-refractivity contribution is 0.00385. The molecule has 0 rings (SSSR count). The third kappa shape index (κ3) is 6.35. The van der Waals surface area contributed by atoms with Gasteiger partial charge < -0.3 is 15.4 Å². The Morgan fingerprint density at radius 1 is 1.14 bits per heavy atom. The zero-order chi connectivity index (χ0) is 10.9. The molecule has 0 aliphatic heterocycles. The SMILES string of the molecule is CCNCCCNCC(C)(CC)OC. The Hall–Kier alpha value is -0.120. The van der Waals surface area contributed by atoms with Crippen molar-refractivity contribution in [2.24, 2.45) is 0 Å². The molecule has 0 saturated heterocycles. The summed E-state index contributed by atoms with van der Waals surface area (Å²) in [5.41, 5.74) is -0.00180. The largest absolute Gasteiger partial charge is 0.377 e. The molecule has 3 nitrogen and oxygen atoms in total. The molecule has 2 N–H and O–H groups in total. The molecule has 3 heteroatoms. The van der Waals surface area contributed by atoms with Gasteiger partial charge in [0.15, 0.2) is 0 Å². The van der Waals surface area contributed by atoms with Gasteiger partial charge in [0, 0.05) is 13.7 Å². The summed E-state index contributed by atoms with van der Waals surface area (Å²) in [5.74, 6) is 0. The average molecular weight is 202 g/mol. The van der Waals surface area contributed by atoms with Crippen LogP contribution in [-0.2, 0) is 4.74 Å². The summed E-state index contributed by atoms with van der Waals surface area (Å²) in [6.07, 6.45) is 2.22. The van der Waals surface area contributed by atoms with E-state index in [0.717, 1.165) is 32.6 Å². The van der Waals surface area contributed by atoms with Crippen molar-refractivity contribution in [3.63, 3.8) is 0 Å². The molecule has 0 heterocycles. The van der Waals surface area contributed by atoms with Gasteiger partial charge in [-0.3, -0.25) is 0 Å². The highest BCUT2D eigenvalue weighted by Crippen LogP contribution is 2.11. The molecule has 0 saturated carbocycles. The number of ether oxygens (including phenoxy) is 1. The quantitative estimate of drug-likeness (QED) is 0.554. The van der Waals surface area contributed by atoms with E-state index in [4.69, 9.17) is 4.74 Å². The fourth-order valence-corrected chi connectivity index (χ4v) is 1.21. The fraction of sp³-hybridized carbons (Fsp3) is 1.00. The standard InChI is InChI=1S/C11H26N2O/c1-5-11(3,14-4)10-13-9-7-8-12-6-2/h12-13H,5-10H2,1-4H3.